The number of carbonyl (C=O) groups is 2. The largest absolute Gasteiger partial charge is 0.352 e. The summed E-state index contributed by atoms with van der Waals surface area (Å²) in [5.74, 6) is -0.729. The highest BCUT2D eigenvalue weighted by atomic mass is 35.5. The Bertz CT molecular complexity index is 1110. The van der Waals surface area contributed by atoms with Crippen LogP contribution < -0.4 is 9.62 Å². The van der Waals surface area contributed by atoms with Crippen LogP contribution in [0.5, 0.6) is 0 Å². The standard InChI is InChI=1S/C25H34ClN3O4S/c1-6-19(4)27-25(31)23(7-2)28(16-20-12-9-8-11-18(20)3)24(30)17-29(34(5,32)33)22-14-10-13-21(26)15-22/h8-15,19,23H,6-7,16-17H2,1-5H3,(H,27,31)/t19-,23-/m1/s1. The first-order chi connectivity index (χ1) is 16.0. The van der Waals surface area contributed by atoms with E-state index in [1.165, 1.54) is 11.0 Å². The molecule has 0 heterocycles. The molecule has 2 rings (SSSR count). The molecule has 0 spiro atoms. The third-order valence-corrected chi connectivity index (χ3v) is 7.14. The number of rotatable bonds is 11. The Morgan fingerprint density at radius 3 is 2.29 bits per heavy atom. The van der Waals surface area contributed by atoms with E-state index in [0.29, 0.717) is 11.4 Å². The Labute approximate surface area is 208 Å². The van der Waals surface area contributed by atoms with Gasteiger partial charge in [0.25, 0.3) is 0 Å². The molecule has 0 saturated heterocycles. The second-order valence-corrected chi connectivity index (χ2v) is 10.8. The number of hydrogen-bond donors (Lipinski definition) is 1. The van der Waals surface area contributed by atoms with Gasteiger partial charge in [-0.25, -0.2) is 8.42 Å². The number of halogens is 1. The minimum Gasteiger partial charge on any atom is -0.352 e. The summed E-state index contributed by atoms with van der Waals surface area (Å²) in [5, 5.41) is 3.31. The van der Waals surface area contributed by atoms with Gasteiger partial charge in [0.1, 0.15) is 12.6 Å². The van der Waals surface area contributed by atoms with Crippen molar-refractivity contribution in [1.29, 1.82) is 0 Å². The van der Waals surface area contributed by atoms with Crippen molar-refractivity contribution in [3.63, 3.8) is 0 Å². The Kier molecular flexibility index (Phi) is 9.94. The van der Waals surface area contributed by atoms with E-state index in [4.69, 9.17) is 11.6 Å². The lowest BCUT2D eigenvalue weighted by Crippen LogP contribution is -2.53. The zero-order valence-corrected chi connectivity index (χ0v) is 22.0. The molecule has 0 aromatic heterocycles. The van der Waals surface area contributed by atoms with Crippen LogP contribution in [0.15, 0.2) is 48.5 Å². The van der Waals surface area contributed by atoms with Crippen LogP contribution in [-0.2, 0) is 26.2 Å². The van der Waals surface area contributed by atoms with Gasteiger partial charge in [0.2, 0.25) is 21.8 Å². The Balaban J connectivity index is 2.45. The van der Waals surface area contributed by atoms with E-state index in [0.717, 1.165) is 28.1 Å². The smallest absolute Gasteiger partial charge is 0.244 e. The third kappa shape index (κ3) is 7.46. The number of aryl methyl sites for hydroxylation is 1. The molecule has 0 unspecified atom stereocenters. The molecule has 0 aliphatic carbocycles. The molecule has 1 N–H and O–H groups in total. The van der Waals surface area contributed by atoms with Crippen molar-refractivity contribution >= 4 is 39.1 Å². The van der Waals surface area contributed by atoms with Crippen LogP contribution in [0.1, 0.15) is 44.7 Å². The summed E-state index contributed by atoms with van der Waals surface area (Å²) in [6.07, 6.45) is 2.18. The molecule has 2 aromatic carbocycles. The number of carbonyl (C=O) groups excluding carboxylic acids is 2. The van der Waals surface area contributed by atoms with Gasteiger partial charge in [0, 0.05) is 17.6 Å². The van der Waals surface area contributed by atoms with Crippen LogP contribution in [0.2, 0.25) is 5.02 Å². The van der Waals surface area contributed by atoms with E-state index >= 15 is 0 Å². The number of nitrogens with zero attached hydrogens (tertiary/aromatic N) is 2. The number of nitrogens with one attached hydrogen (secondary N) is 1. The van der Waals surface area contributed by atoms with Gasteiger partial charge in [0.15, 0.2) is 0 Å². The van der Waals surface area contributed by atoms with Crippen LogP contribution in [0.4, 0.5) is 5.69 Å². The first-order valence-corrected chi connectivity index (χ1v) is 13.6. The van der Waals surface area contributed by atoms with Crippen LogP contribution in [-0.4, -0.2) is 50.0 Å². The molecule has 0 aliphatic heterocycles. The van der Waals surface area contributed by atoms with Crippen molar-refractivity contribution in [2.75, 3.05) is 17.1 Å². The molecule has 0 radical (unpaired) electrons. The quantitative estimate of drug-likeness (QED) is 0.495. The molecule has 7 nitrogen and oxygen atoms in total. The lowest BCUT2D eigenvalue weighted by atomic mass is 10.1. The summed E-state index contributed by atoms with van der Waals surface area (Å²) >= 11 is 6.07. The molecular weight excluding hydrogens is 474 g/mol. The molecule has 2 amide bonds. The van der Waals surface area contributed by atoms with Gasteiger partial charge in [-0.1, -0.05) is 55.8 Å². The normalized spacial score (nSPS) is 13.1. The van der Waals surface area contributed by atoms with Gasteiger partial charge in [-0.2, -0.15) is 0 Å². The van der Waals surface area contributed by atoms with Crippen molar-refractivity contribution in [2.24, 2.45) is 0 Å². The van der Waals surface area contributed by atoms with E-state index in [2.05, 4.69) is 5.32 Å². The maximum atomic E-state index is 13.6. The maximum absolute atomic E-state index is 13.6. The monoisotopic (exact) mass is 507 g/mol. The van der Waals surface area contributed by atoms with E-state index in [1.54, 1.807) is 18.2 Å². The van der Waals surface area contributed by atoms with Crippen LogP contribution in [0.25, 0.3) is 0 Å². The van der Waals surface area contributed by atoms with E-state index < -0.39 is 28.5 Å². The lowest BCUT2D eigenvalue weighted by molar-refractivity contribution is -0.140. The number of anilines is 1. The maximum Gasteiger partial charge on any atom is 0.244 e. The van der Waals surface area contributed by atoms with Crippen LogP contribution >= 0.6 is 11.6 Å². The predicted molar refractivity (Wildman–Crippen MR) is 137 cm³/mol. The van der Waals surface area contributed by atoms with Crippen molar-refractivity contribution in [1.82, 2.24) is 10.2 Å². The van der Waals surface area contributed by atoms with Crippen molar-refractivity contribution in [3.8, 4) is 0 Å². The van der Waals surface area contributed by atoms with Gasteiger partial charge in [0.05, 0.1) is 11.9 Å². The summed E-state index contributed by atoms with van der Waals surface area (Å²) in [5.41, 5.74) is 2.16. The second-order valence-electron chi connectivity index (χ2n) is 8.44. The highest BCUT2D eigenvalue weighted by Gasteiger charge is 2.32. The summed E-state index contributed by atoms with van der Waals surface area (Å²) in [6, 6.07) is 13.2. The number of benzene rings is 2. The summed E-state index contributed by atoms with van der Waals surface area (Å²) in [4.78, 5) is 28.2. The molecule has 34 heavy (non-hydrogen) atoms. The minimum atomic E-state index is -3.79. The fourth-order valence-corrected chi connectivity index (χ4v) is 4.60. The van der Waals surface area contributed by atoms with E-state index in [-0.39, 0.29) is 24.2 Å². The zero-order valence-electron chi connectivity index (χ0n) is 20.4. The fraction of sp³-hybridized carbons (Fsp3) is 0.440. The van der Waals surface area contributed by atoms with Gasteiger partial charge in [-0.15, -0.1) is 0 Å². The van der Waals surface area contributed by atoms with Gasteiger partial charge in [-0.3, -0.25) is 13.9 Å². The van der Waals surface area contributed by atoms with Gasteiger partial charge >= 0.3 is 0 Å². The summed E-state index contributed by atoms with van der Waals surface area (Å²) < 4.78 is 26.2. The first-order valence-electron chi connectivity index (χ1n) is 11.4. The molecular formula is C25H34ClN3O4S. The highest BCUT2D eigenvalue weighted by Crippen LogP contribution is 2.23. The van der Waals surface area contributed by atoms with E-state index in [9.17, 15) is 18.0 Å². The van der Waals surface area contributed by atoms with Crippen LogP contribution in [0.3, 0.4) is 0 Å². The molecule has 186 valence electrons. The topological polar surface area (TPSA) is 86.8 Å². The van der Waals surface area contributed by atoms with Crippen molar-refractivity contribution in [3.05, 3.63) is 64.7 Å². The molecule has 0 saturated carbocycles. The van der Waals surface area contributed by atoms with Gasteiger partial charge in [-0.05, 0) is 56.0 Å². The first kappa shape index (κ1) is 27.7. The number of hydrogen-bond acceptors (Lipinski definition) is 4. The number of amides is 2. The molecule has 0 aliphatic rings. The Morgan fingerprint density at radius 2 is 1.74 bits per heavy atom. The highest BCUT2D eigenvalue weighted by molar-refractivity contribution is 7.92. The SMILES string of the molecule is CC[C@@H](C)NC(=O)[C@@H](CC)N(Cc1ccccc1C)C(=O)CN(c1cccc(Cl)c1)S(C)(=O)=O. The minimum absolute atomic E-state index is 0.0454. The summed E-state index contributed by atoms with van der Waals surface area (Å²) in [7, 11) is -3.79. The third-order valence-electron chi connectivity index (χ3n) is 5.76. The average molecular weight is 508 g/mol. The Hall–Kier alpha value is -2.58. The molecule has 2 atom stereocenters. The molecule has 9 heteroatoms. The second kappa shape index (κ2) is 12.2. The van der Waals surface area contributed by atoms with Crippen LogP contribution in [0, 0.1) is 6.92 Å². The molecule has 0 bridgehead atoms. The zero-order chi connectivity index (χ0) is 25.5. The molecule has 2 aromatic rings. The predicted octanol–water partition coefficient (Wildman–Crippen LogP) is 4.14. The van der Waals surface area contributed by atoms with E-state index in [1.807, 2.05) is 52.0 Å². The average Bonchev–Trinajstić information content (AvgIpc) is 2.77. The number of sulfonamides is 1. The summed E-state index contributed by atoms with van der Waals surface area (Å²) in [6.45, 7) is 7.39. The Morgan fingerprint density at radius 1 is 1.06 bits per heavy atom. The van der Waals surface area contributed by atoms with Crippen molar-refractivity contribution < 1.29 is 18.0 Å². The fourth-order valence-electron chi connectivity index (χ4n) is 3.58. The van der Waals surface area contributed by atoms with Crippen molar-refractivity contribution in [2.45, 2.75) is 59.2 Å². The van der Waals surface area contributed by atoms with Gasteiger partial charge < -0.3 is 10.2 Å². The molecule has 0 fully saturated rings. The lowest BCUT2D eigenvalue weighted by Gasteiger charge is -2.33.